The molecule has 1 amide bonds. The van der Waals surface area contributed by atoms with Crippen LogP contribution in [0.15, 0.2) is 18.2 Å². The molecule has 4 nitrogen and oxygen atoms in total. The largest absolute Gasteiger partial charge is 0.405 e. The van der Waals surface area contributed by atoms with Crippen LogP contribution in [-0.4, -0.2) is 36.7 Å². The molecule has 0 bridgehead atoms. The summed E-state index contributed by atoms with van der Waals surface area (Å²) >= 11 is 1.37. The molecule has 1 aliphatic heterocycles. The van der Waals surface area contributed by atoms with Crippen molar-refractivity contribution in [1.29, 1.82) is 0 Å². The summed E-state index contributed by atoms with van der Waals surface area (Å²) in [5.41, 5.74) is 0.710. The van der Waals surface area contributed by atoms with Crippen LogP contribution in [0.3, 0.4) is 0 Å². The number of fused-ring (bicyclic) bond motifs is 1. The number of benzene rings is 1. The maximum absolute atomic E-state index is 13.2. The van der Waals surface area contributed by atoms with Gasteiger partial charge in [0, 0.05) is 19.0 Å². The second-order valence-electron chi connectivity index (χ2n) is 5.70. The van der Waals surface area contributed by atoms with Crippen molar-refractivity contribution >= 4 is 32.6 Å². The van der Waals surface area contributed by atoms with E-state index in [4.69, 9.17) is 0 Å². The van der Waals surface area contributed by atoms with E-state index < -0.39 is 24.5 Å². The highest BCUT2D eigenvalue weighted by Crippen LogP contribution is 2.32. The van der Waals surface area contributed by atoms with Crippen LogP contribution in [0.25, 0.3) is 10.2 Å². The molecule has 0 unspecified atom stereocenters. The predicted molar refractivity (Wildman–Crippen MR) is 83.6 cm³/mol. The number of anilines is 1. The van der Waals surface area contributed by atoms with Crippen LogP contribution in [0, 0.1) is 11.7 Å². The van der Waals surface area contributed by atoms with Gasteiger partial charge >= 0.3 is 6.18 Å². The van der Waals surface area contributed by atoms with Crippen molar-refractivity contribution in [2.45, 2.75) is 19.0 Å². The van der Waals surface area contributed by atoms with Gasteiger partial charge in [-0.2, -0.15) is 13.2 Å². The molecular weight excluding hydrogens is 346 g/mol. The molecule has 1 aromatic carbocycles. The first-order valence-electron chi connectivity index (χ1n) is 7.47. The number of carbonyl (C=O) groups excluding carboxylic acids is 1. The van der Waals surface area contributed by atoms with E-state index in [0.717, 1.165) is 9.83 Å². The molecule has 1 saturated heterocycles. The fourth-order valence-corrected chi connectivity index (χ4v) is 3.73. The van der Waals surface area contributed by atoms with Crippen molar-refractivity contribution in [3.63, 3.8) is 0 Å². The lowest BCUT2D eigenvalue weighted by Gasteiger charge is -2.31. The summed E-state index contributed by atoms with van der Waals surface area (Å²) in [6.07, 6.45) is -3.46. The molecule has 24 heavy (non-hydrogen) atoms. The molecule has 0 radical (unpaired) electrons. The zero-order valence-corrected chi connectivity index (χ0v) is 13.4. The maximum atomic E-state index is 13.2. The first kappa shape index (κ1) is 16.9. The van der Waals surface area contributed by atoms with Gasteiger partial charge in [0.05, 0.1) is 10.2 Å². The fraction of sp³-hybridized carbons (Fsp3) is 0.467. The number of aromatic nitrogens is 1. The standard InChI is InChI=1S/C15H15F4N3OS/c16-10-1-2-11-12(7-10)24-14(21-11)22-5-3-9(4-6-22)13(23)20-8-15(17,18)19/h1-2,7,9H,3-6,8H2,(H,20,23). The first-order chi connectivity index (χ1) is 11.3. The minimum Gasteiger partial charge on any atom is -0.348 e. The number of alkyl halides is 3. The number of carbonyl (C=O) groups is 1. The lowest BCUT2D eigenvalue weighted by Crippen LogP contribution is -2.43. The van der Waals surface area contributed by atoms with Crippen molar-refractivity contribution in [3.8, 4) is 0 Å². The zero-order chi connectivity index (χ0) is 17.3. The molecule has 0 aliphatic carbocycles. The number of halogens is 4. The van der Waals surface area contributed by atoms with Gasteiger partial charge in [0.15, 0.2) is 5.13 Å². The van der Waals surface area contributed by atoms with Gasteiger partial charge in [0.1, 0.15) is 12.4 Å². The van der Waals surface area contributed by atoms with Crippen LogP contribution in [0.4, 0.5) is 22.7 Å². The molecule has 1 aliphatic rings. The van der Waals surface area contributed by atoms with Crippen LogP contribution in [0.5, 0.6) is 0 Å². The molecule has 1 aromatic heterocycles. The highest BCUT2D eigenvalue weighted by atomic mass is 32.1. The van der Waals surface area contributed by atoms with E-state index in [1.54, 1.807) is 6.07 Å². The van der Waals surface area contributed by atoms with E-state index in [0.29, 0.717) is 31.4 Å². The first-order valence-corrected chi connectivity index (χ1v) is 8.29. The summed E-state index contributed by atoms with van der Waals surface area (Å²) in [6.45, 7) is -0.228. The zero-order valence-electron chi connectivity index (χ0n) is 12.6. The molecule has 1 fully saturated rings. The molecule has 9 heteroatoms. The predicted octanol–water partition coefficient (Wildman–Crippen LogP) is 3.33. The molecule has 2 heterocycles. The summed E-state index contributed by atoms with van der Waals surface area (Å²) in [7, 11) is 0. The number of hydrogen-bond acceptors (Lipinski definition) is 4. The van der Waals surface area contributed by atoms with Crippen LogP contribution < -0.4 is 10.2 Å². The van der Waals surface area contributed by atoms with Crippen molar-refractivity contribution in [3.05, 3.63) is 24.0 Å². The Morgan fingerprint density at radius 1 is 1.33 bits per heavy atom. The molecule has 3 rings (SSSR count). The van der Waals surface area contributed by atoms with E-state index >= 15 is 0 Å². The Bertz CT molecular complexity index is 738. The van der Waals surface area contributed by atoms with Gasteiger partial charge in [-0.25, -0.2) is 9.37 Å². The number of nitrogens with zero attached hydrogens (tertiary/aromatic N) is 2. The maximum Gasteiger partial charge on any atom is 0.405 e. The Morgan fingerprint density at radius 3 is 2.71 bits per heavy atom. The third kappa shape index (κ3) is 3.95. The van der Waals surface area contributed by atoms with E-state index in [2.05, 4.69) is 4.98 Å². The second kappa shape index (κ2) is 6.54. The van der Waals surface area contributed by atoms with Gasteiger partial charge in [-0.15, -0.1) is 0 Å². The Morgan fingerprint density at radius 2 is 2.04 bits per heavy atom. The quantitative estimate of drug-likeness (QED) is 0.853. The molecule has 0 saturated carbocycles. The average molecular weight is 361 g/mol. The third-order valence-electron chi connectivity index (χ3n) is 3.94. The van der Waals surface area contributed by atoms with Crippen LogP contribution >= 0.6 is 11.3 Å². The lowest BCUT2D eigenvalue weighted by molar-refractivity contribution is -0.141. The normalized spacial score (nSPS) is 16.6. The van der Waals surface area contributed by atoms with Gasteiger partial charge in [-0.3, -0.25) is 4.79 Å². The van der Waals surface area contributed by atoms with Crippen LogP contribution in [0.2, 0.25) is 0 Å². The van der Waals surface area contributed by atoms with E-state index in [1.165, 1.54) is 23.5 Å². The summed E-state index contributed by atoms with van der Waals surface area (Å²) < 4.78 is 50.4. The Kier molecular flexibility index (Phi) is 4.62. The summed E-state index contributed by atoms with van der Waals surface area (Å²) in [5.74, 6) is -1.30. The van der Waals surface area contributed by atoms with Gasteiger partial charge in [0.25, 0.3) is 0 Å². The smallest absolute Gasteiger partial charge is 0.348 e. The van der Waals surface area contributed by atoms with Crippen molar-refractivity contribution in [2.24, 2.45) is 5.92 Å². The number of nitrogens with one attached hydrogen (secondary N) is 1. The number of hydrogen-bond donors (Lipinski definition) is 1. The summed E-state index contributed by atoms with van der Waals surface area (Å²) in [6, 6.07) is 4.39. The third-order valence-corrected chi connectivity index (χ3v) is 5.02. The SMILES string of the molecule is O=C(NCC(F)(F)F)C1CCN(c2nc3ccc(F)cc3s2)CC1. The number of rotatable bonds is 3. The molecule has 1 N–H and O–H groups in total. The van der Waals surface area contributed by atoms with Gasteiger partial charge < -0.3 is 10.2 Å². The monoisotopic (exact) mass is 361 g/mol. The van der Waals surface area contributed by atoms with Gasteiger partial charge in [-0.05, 0) is 31.0 Å². The number of piperidine rings is 1. The van der Waals surface area contributed by atoms with E-state index in [1.807, 2.05) is 10.2 Å². The Labute approximate surface area is 139 Å². The van der Waals surface area contributed by atoms with Crippen molar-refractivity contribution < 1.29 is 22.4 Å². The summed E-state index contributed by atoms with van der Waals surface area (Å²) in [5, 5.41) is 2.68. The fourth-order valence-electron chi connectivity index (χ4n) is 2.69. The van der Waals surface area contributed by atoms with Crippen LogP contribution in [0.1, 0.15) is 12.8 Å². The van der Waals surface area contributed by atoms with E-state index in [9.17, 15) is 22.4 Å². The van der Waals surface area contributed by atoms with Crippen molar-refractivity contribution in [1.82, 2.24) is 10.3 Å². The average Bonchev–Trinajstić information content (AvgIpc) is 2.95. The van der Waals surface area contributed by atoms with Crippen LogP contribution in [-0.2, 0) is 4.79 Å². The Hall–Kier alpha value is -1.90. The molecule has 2 aromatic rings. The minimum absolute atomic E-state index is 0.322. The highest BCUT2D eigenvalue weighted by molar-refractivity contribution is 7.22. The van der Waals surface area contributed by atoms with Crippen molar-refractivity contribution in [2.75, 3.05) is 24.5 Å². The molecule has 0 atom stereocenters. The van der Waals surface area contributed by atoms with Gasteiger partial charge in [-0.1, -0.05) is 11.3 Å². The molecule has 0 spiro atoms. The Balaban J connectivity index is 1.59. The van der Waals surface area contributed by atoms with E-state index in [-0.39, 0.29) is 5.82 Å². The highest BCUT2D eigenvalue weighted by Gasteiger charge is 2.31. The lowest BCUT2D eigenvalue weighted by atomic mass is 9.96. The summed E-state index contributed by atoms with van der Waals surface area (Å²) in [4.78, 5) is 18.2. The van der Waals surface area contributed by atoms with Gasteiger partial charge in [0.2, 0.25) is 5.91 Å². The second-order valence-corrected chi connectivity index (χ2v) is 6.71. The number of amides is 1. The molecular formula is C15H15F4N3OS. The molecule has 130 valence electrons. The minimum atomic E-state index is -4.40. The number of thiazole rings is 1. The topological polar surface area (TPSA) is 45.2 Å².